The molecule has 2 rings (SSSR count). The molecule has 1 heterocycles. The summed E-state index contributed by atoms with van der Waals surface area (Å²) in [4.78, 5) is 13.7. The summed E-state index contributed by atoms with van der Waals surface area (Å²) < 4.78 is 14.0. The van der Waals surface area contributed by atoms with Gasteiger partial charge >= 0.3 is 0 Å². The van der Waals surface area contributed by atoms with Crippen LogP contribution in [0.2, 0.25) is 0 Å². The highest BCUT2D eigenvalue weighted by Crippen LogP contribution is 2.28. The summed E-state index contributed by atoms with van der Waals surface area (Å²) in [5.74, 6) is 0.727. The van der Waals surface area contributed by atoms with Crippen LogP contribution in [-0.2, 0) is 4.79 Å². The van der Waals surface area contributed by atoms with Gasteiger partial charge < -0.3 is 10.2 Å². The van der Waals surface area contributed by atoms with E-state index in [4.69, 9.17) is 0 Å². The maximum Gasteiger partial charge on any atom is 0.222 e. The van der Waals surface area contributed by atoms with Crippen molar-refractivity contribution >= 4 is 39.8 Å². The summed E-state index contributed by atoms with van der Waals surface area (Å²) in [5.41, 5.74) is 0.646. The molecule has 0 radical (unpaired) electrons. The Kier molecular flexibility index (Phi) is 7.45. The number of nitrogens with zero attached hydrogens (tertiary/aromatic N) is 3. The van der Waals surface area contributed by atoms with Gasteiger partial charge in [0, 0.05) is 31.0 Å². The average molecular weight is 369 g/mol. The zero-order valence-electron chi connectivity index (χ0n) is 13.8. The molecule has 0 fully saturated rings. The summed E-state index contributed by atoms with van der Waals surface area (Å²) in [6, 6.07) is 6.22. The zero-order valence-corrected chi connectivity index (χ0v) is 15.4. The van der Waals surface area contributed by atoms with Crippen molar-refractivity contribution < 1.29 is 9.18 Å². The first kappa shape index (κ1) is 18.7. The van der Waals surface area contributed by atoms with Crippen molar-refractivity contribution in [3.8, 4) is 0 Å². The highest BCUT2D eigenvalue weighted by Gasteiger charge is 2.10. The van der Waals surface area contributed by atoms with Crippen LogP contribution in [-0.4, -0.2) is 39.8 Å². The van der Waals surface area contributed by atoms with Gasteiger partial charge in [-0.3, -0.25) is 4.79 Å². The van der Waals surface area contributed by atoms with Crippen molar-refractivity contribution in [1.82, 2.24) is 15.1 Å². The number of amides is 1. The maximum atomic E-state index is 13.1. The lowest BCUT2D eigenvalue weighted by Crippen LogP contribution is -2.30. The molecular weight excluding hydrogens is 347 g/mol. The standard InChI is InChI=1S/C16H21FN4OS2/c1-3-21(4-2)14(22)9-6-10-23-16-20-19-15(24-16)18-13-8-5-7-12(17)11-13/h5,7-8,11H,3-4,6,9-10H2,1-2H3,(H,18,19). The first-order valence-electron chi connectivity index (χ1n) is 7.89. The van der Waals surface area contributed by atoms with Crippen LogP contribution in [0.3, 0.4) is 0 Å². The maximum absolute atomic E-state index is 13.1. The fraction of sp³-hybridized carbons (Fsp3) is 0.438. The lowest BCUT2D eigenvalue weighted by molar-refractivity contribution is -0.130. The van der Waals surface area contributed by atoms with Crippen LogP contribution in [0.25, 0.3) is 0 Å². The van der Waals surface area contributed by atoms with Crippen molar-refractivity contribution in [3.63, 3.8) is 0 Å². The van der Waals surface area contributed by atoms with E-state index in [1.807, 2.05) is 18.7 Å². The number of aromatic nitrogens is 2. The normalized spacial score (nSPS) is 10.6. The topological polar surface area (TPSA) is 58.1 Å². The number of carbonyl (C=O) groups excluding carboxylic acids is 1. The van der Waals surface area contributed by atoms with E-state index in [0.29, 0.717) is 17.2 Å². The monoisotopic (exact) mass is 368 g/mol. The summed E-state index contributed by atoms with van der Waals surface area (Å²) in [6.45, 7) is 5.50. The van der Waals surface area contributed by atoms with Gasteiger partial charge in [-0.05, 0) is 38.5 Å². The summed E-state index contributed by atoms with van der Waals surface area (Å²) in [7, 11) is 0. The van der Waals surface area contributed by atoms with Crippen LogP contribution in [0.15, 0.2) is 28.6 Å². The van der Waals surface area contributed by atoms with Crippen molar-refractivity contribution in [2.24, 2.45) is 0 Å². The molecule has 0 aliphatic rings. The van der Waals surface area contributed by atoms with Gasteiger partial charge in [-0.25, -0.2) is 4.39 Å². The van der Waals surface area contributed by atoms with Gasteiger partial charge in [0.15, 0.2) is 4.34 Å². The summed E-state index contributed by atoms with van der Waals surface area (Å²) in [5, 5.41) is 11.8. The third kappa shape index (κ3) is 5.76. The Hall–Kier alpha value is -1.67. The molecule has 130 valence electrons. The van der Waals surface area contributed by atoms with Gasteiger partial charge in [-0.1, -0.05) is 29.2 Å². The average Bonchev–Trinajstić information content (AvgIpc) is 3.00. The smallest absolute Gasteiger partial charge is 0.222 e. The van der Waals surface area contributed by atoms with Gasteiger partial charge in [0.05, 0.1) is 0 Å². The minimum absolute atomic E-state index is 0.200. The summed E-state index contributed by atoms with van der Waals surface area (Å²) >= 11 is 3.00. The van der Waals surface area contributed by atoms with Crippen molar-refractivity contribution in [2.75, 3.05) is 24.2 Å². The number of nitrogens with one attached hydrogen (secondary N) is 1. The van der Waals surface area contributed by atoms with Gasteiger partial charge in [0.2, 0.25) is 11.0 Å². The Bertz CT molecular complexity index is 661. The largest absolute Gasteiger partial charge is 0.343 e. The van der Waals surface area contributed by atoms with Gasteiger partial charge in [0.25, 0.3) is 0 Å². The molecule has 0 aliphatic heterocycles. The number of hydrogen-bond acceptors (Lipinski definition) is 6. The van der Waals surface area contributed by atoms with E-state index >= 15 is 0 Å². The Morgan fingerprint density at radius 1 is 1.33 bits per heavy atom. The van der Waals surface area contributed by atoms with Crippen LogP contribution >= 0.6 is 23.1 Å². The number of carbonyl (C=O) groups is 1. The molecule has 24 heavy (non-hydrogen) atoms. The van der Waals surface area contributed by atoms with Crippen molar-refractivity contribution in [3.05, 3.63) is 30.1 Å². The molecule has 0 aliphatic carbocycles. The van der Waals surface area contributed by atoms with E-state index in [0.717, 1.165) is 29.6 Å². The molecule has 1 amide bonds. The molecule has 0 saturated heterocycles. The van der Waals surface area contributed by atoms with Crippen LogP contribution in [0.5, 0.6) is 0 Å². The molecule has 0 saturated carbocycles. The van der Waals surface area contributed by atoms with Crippen LogP contribution < -0.4 is 5.32 Å². The number of hydrogen-bond donors (Lipinski definition) is 1. The van der Waals surface area contributed by atoms with Crippen molar-refractivity contribution in [1.29, 1.82) is 0 Å². The first-order valence-corrected chi connectivity index (χ1v) is 9.69. The lowest BCUT2D eigenvalue weighted by Gasteiger charge is -2.18. The van der Waals surface area contributed by atoms with Gasteiger partial charge in [0.1, 0.15) is 5.82 Å². The van der Waals surface area contributed by atoms with E-state index in [9.17, 15) is 9.18 Å². The fourth-order valence-electron chi connectivity index (χ4n) is 2.13. The van der Waals surface area contributed by atoms with Crippen LogP contribution in [0.4, 0.5) is 15.2 Å². The molecule has 0 spiro atoms. The highest BCUT2D eigenvalue weighted by molar-refractivity contribution is 8.01. The first-order chi connectivity index (χ1) is 11.6. The molecule has 1 N–H and O–H groups in total. The predicted molar refractivity (Wildman–Crippen MR) is 97.5 cm³/mol. The van der Waals surface area contributed by atoms with E-state index in [1.165, 1.54) is 23.5 Å². The SMILES string of the molecule is CCN(CC)C(=O)CCCSc1nnc(Nc2cccc(F)c2)s1. The molecule has 1 aromatic carbocycles. The number of benzene rings is 1. The second kappa shape index (κ2) is 9.58. The summed E-state index contributed by atoms with van der Waals surface area (Å²) in [6.07, 6.45) is 1.37. The number of rotatable bonds is 9. The lowest BCUT2D eigenvalue weighted by atomic mass is 10.3. The Balaban J connectivity index is 1.75. The third-order valence-corrected chi connectivity index (χ3v) is 5.42. The molecule has 8 heteroatoms. The fourth-order valence-corrected chi connectivity index (χ4v) is 3.91. The molecule has 0 bridgehead atoms. The molecule has 5 nitrogen and oxygen atoms in total. The molecule has 0 atom stereocenters. The molecule has 1 aromatic heterocycles. The number of thioether (sulfide) groups is 1. The predicted octanol–water partition coefficient (Wildman–Crippen LogP) is 4.16. The van der Waals surface area contributed by atoms with Gasteiger partial charge in [-0.15, -0.1) is 10.2 Å². The quantitative estimate of drug-likeness (QED) is 0.532. The Labute approximate surface area is 149 Å². The third-order valence-electron chi connectivity index (χ3n) is 3.36. The second-order valence-corrected chi connectivity index (χ2v) is 7.35. The van der Waals surface area contributed by atoms with Crippen molar-refractivity contribution in [2.45, 2.75) is 31.0 Å². The minimum Gasteiger partial charge on any atom is -0.343 e. The second-order valence-electron chi connectivity index (χ2n) is 5.03. The Morgan fingerprint density at radius 2 is 2.12 bits per heavy atom. The number of halogens is 1. The van der Waals surface area contributed by atoms with E-state index < -0.39 is 0 Å². The minimum atomic E-state index is -0.294. The van der Waals surface area contributed by atoms with Gasteiger partial charge in [-0.2, -0.15) is 0 Å². The van der Waals surface area contributed by atoms with E-state index in [1.54, 1.807) is 23.9 Å². The van der Waals surface area contributed by atoms with Crippen LogP contribution in [0, 0.1) is 5.82 Å². The Morgan fingerprint density at radius 3 is 2.83 bits per heavy atom. The molecular formula is C16H21FN4OS2. The number of anilines is 2. The van der Waals surface area contributed by atoms with E-state index in [2.05, 4.69) is 15.5 Å². The molecule has 2 aromatic rings. The van der Waals surface area contributed by atoms with E-state index in [-0.39, 0.29) is 11.7 Å². The van der Waals surface area contributed by atoms with Crippen LogP contribution in [0.1, 0.15) is 26.7 Å². The highest BCUT2D eigenvalue weighted by atomic mass is 32.2. The zero-order chi connectivity index (χ0) is 17.4. The molecule has 0 unspecified atom stereocenters.